The molecule has 0 heterocycles. The Bertz CT molecular complexity index is 359. The van der Waals surface area contributed by atoms with Gasteiger partial charge in [-0.2, -0.15) is 8.42 Å². The molecule has 2 atom stereocenters. The Kier molecular flexibility index (Phi) is 5.35. The van der Waals surface area contributed by atoms with Gasteiger partial charge in [-0.1, -0.05) is 6.92 Å². The largest absolute Gasteiger partial charge is 0.481 e. The Morgan fingerprint density at radius 1 is 1.38 bits per heavy atom. The molecule has 9 heteroatoms. The molecule has 8 nitrogen and oxygen atoms in total. The van der Waals surface area contributed by atoms with E-state index in [4.69, 9.17) is 14.8 Å². The Morgan fingerprint density at radius 2 is 1.88 bits per heavy atom. The predicted octanol–water partition coefficient (Wildman–Crippen LogP) is -1.01. The van der Waals surface area contributed by atoms with E-state index in [0.29, 0.717) is 0 Å². The predicted molar refractivity (Wildman–Crippen MR) is 50.0 cm³/mol. The number of carbonyl (C=O) groups excluding carboxylic acids is 1. The summed E-state index contributed by atoms with van der Waals surface area (Å²) in [6, 6.07) is 0. The minimum atomic E-state index is -4.88. The van der Waals surface area contributed by atoms with Crippen molar-refractivity contribution in [2.45, 2.75) is 31.3 Å². The molecule has 0 fully saturated rings. The number of esters is 1. The summed E-state index contributed by atoms with van der Waals surface area (Å²) in [5, 5.41) is 15.0. The van der Waals surface area contributed by atoms with Gasteiger partial charge < -0.3 is 14.9 Å². The maximum Gasteiger partial charge on any atom is 0.329 e. The number of aliphatic hydroxyl groups is 1. The van der Waals surface area contributed by atoms with Crippen molar-refractivity contribution in [3.05, 3.63) is 0 Å². The summed E-state index contributed by atoms with van der Waals surface area (Å²) < 4.78 is 34.2. The van der Waals surface area contributed by atoms with Crippen LogP contribution in [0.15, 0.2) is 0 Å². The van der Waals surface area contributed by atoms with E-state index < -0.39 is 40.0 Å². The van der Waals surface area contributed by atoms with E-state index in [1.54, 1.807) is 0 Å². The number of aliphatic carboxylic acids is 1. The lowest BCUT2D eigenvalue weighted by molar-refractivity contribution is -0.168. The lowest BCUT2D eigenvalue weighted by Crippen LogP contribution is -2.36. The summed E-state index contributed by atoms with van der Waals surface area (Å²) in [5.74, 6) is -3.09. The molecule has 0 aromatic carbocycles. The highest BCUT2D eigenvalue weighted by Crippen LogP contribution is 2.09. The van der Waals surface area contributed by atoms with Gasteiger partial charge in [-0.3, -0.25) is 14.1 Å². The number of rotatable bonds is 6. The summed E-state index contributed by atoms with van der Waals surface area (Å²) in [6.45, 7) is 1.46. The third-order valence-corrected chi connectivity index (χ3v) is 2.66. The average Bonchev–Trinajstić information content (AvgIpc) is 2.11. The molecule has 0 radical (unpaired) electrons. The minimum absolute atomic E-state index is 0.0109. The number of ether oxygens (including phenoxy) is 1. The van der Waals surface area contributed by atoms with Crippen molar-refractivity contribution in [1.82, 2.24) is 0 Å². The molecular formula is C7H12O8S. The molecule has 0 aliphatic rings. The second-order valence-electron chi connectivity index (χ2n) is 2.90. The monoisotopic (exact) mass is 256 g/mol. The van der Waals surface area contributed by atoms with Gasteiger partial charge in [0.25, 0.3) is 10.1 Å². The first-order valence-electron chi connectivity index (χ1n) is 4.25. The van der Waals surface area contributed by atoms with Crippen LogP contribution in [0, 0.1) is 0 Å². The molecule has 0 rings (SSSR count). The first-order valence-corrected chi connectivity index (χ1v) is 5.75. The smallest absolute Gasteiger partial charge is 0.329 e. The minimum Gasteiger partial charge on any atom is -0.481 e. The molecule has 0 aromatic heterocycles. The highest BCUT2D eigenvalue weighted by molar-refractivity contribution is 7.87. The first-order chi connectivity index (χ1) is 7.18. The third kappa shape index (κ3) is 5.05. The second-order valence-corrected chi connectivity index (χ2v) is 4.50. The Hall–Kier alpha value is -1.19. The number of carboxylic acids is 1. The zero-order chi connectivity index (χ0) is 12.9. The maximum absolute atomic E-state index is 11.1. The first kappa shape index (κ1) is 14.8. The summed E-state index contributed by atoms with van der Waals surface area (Å²) in [6.07, 6.45) is -2.66. The van der Waals surface area contributed by atoms with Crippen LogP contribution in [-0.2, 0) is 24.4 Å². The Morgan fingerprint density at radius 3 is 2.19 bits per heavy atom. The van der Waals surface area contributed by atoms with Crippen molar-refractivity contribution >= 4 is 22.1 Å². The van der Waals surface area contributed by atoms with Crippen molar-refractivity contribution in [2.75, 3.05) is 0 Å². The van der Waals surface area contributed by atoms with Gasteiger partial charge >= 0.3 is 11.9 Å². The molecule has 0 aromatic rings. The van der Waals surface area contributed by atoms with E-state index in [0.717, 1.165) is 0 Å². The van der Waals surface area contributed by atoms with Gasteiger partial charge in [0.15, 0.2) is 11.5 Å². The van der Waals surface area contributed by atoms with Crippen LogP contribution in [-0.4, -0.2) is 46.7 Å². The molecule has 3 N–H and O–H groups in total. The zero-order valence-electron chi connectivity index (χ0n) is 8.36. The molecule has 0 aliphatic carbocycles. The average molecular weight is 256 g/mol. The van der Waals surface area contributed by atoms with Crippen molar-refractivity contribution in [1.29, 1.82) is 0 Å². The van der Waals surface area contributed by atoms with Gasteiger partial charge in [-0.15, -0.1) is 0 Å². The van der Waals surface area contributed by atoms with Gasteiger partial charge in [0.05, 0.1) is 6.42 Å². The number of carbonyl (C=O) groups is 2. The summed E-state index contributed by atoms with van der Waals surface area (Å²) in [4.78, 5) is 21.4. The van der Waals surface area contributed by atoms with Crippen LogP contribution >= 0.6 is 0 Å². The van der Waals surface area contributed by atoms with Crippen LogP contribution in [0.3, 0.4) is 0 Å². The Balaban J connectivity index is 4.78. The highest BCUT2D eigenvalue weighted by atomic mass is 32.2. The fourth-order valence-electron chi connectivity index (χ4n) is 0.762. The summed E-state index contributed by atoms with van der Waals surface area (Å²) in [5.41, 5.74) is 0. The molecule has 0 amide bonds. The molecule has 0 saturated heterocycles. The van der Waals surface area contributed by atoms with Crippen LogP contribution in [0.1, 0.15) is 19.8 Å². The van der Waals surface area contributed by atoms with Crippen LogP contribution < -0.4 is 0 Å². The number of aliphatic hydroxyl groups excluding tert-OH is 1. The molecule has 0 spiro atoms. The zero-order valence-corrected chi connectivity index (χ0v) is 9.18. The number of carboxylic acid groups (broad SMARTS) is 1. The van der Waals surface area contributed by atoms with Gasteiger partial charge in [-0.25, -0.2) is 0 Å². The van der Waals surface area contributed by atoms with E-state index in [1.807, 2.05) is 0 Å². The van der Waals surface area contributed by atoms with Gasteiger partial charge in [-0.05, 0) is 0 Å². The van der Waals surface area contributed by atoms with E-state index in [9.17, 15) is 18.0 Å². The van der Waals surface area contributed by atoms with Crippen molar-refractivity contribution in [3.63, 3.8) is 0 Å². The second kappa shape index (κ2) is 5.77. The van der Waals surface area contributed by atoms with Crippen LogP contribution in [0.5, 0.6) is 0 Å². The normalized spacial score (nSPS) is 15.2. The van der Waals surface area contributed by atoms with E-state index in [2.05, 4.69) is 4.74 Å². The van der Waals surface area contributed by atoms with Crippen LogP contribution in [0.2, 0.25) is 0 Å². The maximum atomic E-state index is 11.1. The molecular weight excluding hydrogens is 244 g/mol. The molecule has 0 aliphatic heterocycles. The summed E-state index contributed by atoms with van der Waals surface area (Å²) in [7, 11) is -4.88. The molecule has 0 saturated carbocycles. The van der Waals surface area contributed by atoms with Gasteiger partial charge in [0.2, 0.25) is 0 Å². The van der Waals surface area contributed by atoms with E-state index in [1.165, 1.54) is 6.92 Å². The van der Waals surface area contributed by atoms with Crippen molar-refractivity contribution in [3.8, 4) is 0 Å². The quantitative estimate of drug-likeness (QED) is 0.312. The standard InChI is InChI=1S/C7H12O8S/c1-2-6(10)15-7(11)4(3-5(8)9)16(12,13)14/h4,6,10H,2-3H2,1H3,(H,8,9)(H,12,13,14). The molecule has 2 unspecified atom stereocenters. The highest BCUT2D eigenvalue weighted by Gasteiger charge is 2.35. The van der Waals surface area contributed by atoms with Crippen LogP contribution in [0.25, 0.3) is 0 Å². The van der Waals surface area contributed by atoms with E-state index >= 15 is 0 Å². The van der Waals surface area contributed by atoms with Crippen molar-refractivity contribution < 1.29 is 37.5 Å². The fraction of sp³-hybridized carbons (Fsp3) is 0.714. The molecule has 0 bridgehead atoms. The fourth-order valence-corrected chi connectivity index (χ4v) is 1.41. The SMILES string of the molecule is CCC(O)OC(=O)C(CC(=O)O)S(=O)(=O)O. The van der Waals surface area contributed by atoms with Crippen LogP contribution in [0.4, 0.5) is 0 Å². The topological polar surface area (TPSA) is 138 Å². The molecule has 16 heavy (non-hydrogen) atoms. The molecule has 94 valence electrons. The van der Waals surface area contributed by atoms with Gasteiger partial charge in [0.1, 0.15) is 0 Å². The third-order valence-electron chi connectivity index (χ3n) is 1.58. The lowest BCUT2D eigenvalue weighted by atomic mass is 10.3. The van der Waals surface area contributed by atoms with Crippen molar-refractivity contribution in [2.24, 2.45) is 0 Å². The van der Waals surface area contributed by atoms with E-state index in [-0.39, 0.29) is 6.42 Å². The lowest BCUT2D eigenvalue weighted by Gasteiger charge is -2.14. The van der Waals surface area contributed by atoms with Gasteiger partial charge in [0, 0.05) is 6.42 Å². The number of hydrogen-bond donors (Lipinski definition) is 3. The summed E-state index contributed by atoms with van der Waals surface area (Å²) >= 11 is 0. The number of hydrogen-bond acceptors (Lipinski definition) is 6. The Labute approximate surface area is 91.6 Å².